The zero-order valence-corrected chi connectivity index (χ0v) is 8.85. The van der Waals surface area contributed by atoms with Gasteiger partial charge in [-0.3, -0.25) is 4.79 Å². The van der Waals surface area contributed by atoms with E-state index < -0.39 is 0 Å². The third kappa shape index (κ3) is 1.51. The third-order valence-electron chi connectivity index (χ3n) is 2.03. The molecular weight excluding hydrogens is 196 g/mol. The van der Waals surface area contributed by atoms with Crippen molar-refractivity contribution in [2.75, 3.05) is 0 Å². The van der Waals surface area contributed by atoms with Gasteiger partial charge in [-0.1, -0.05) is 0 Å². The number of hydrogen-bond donors (Lipinski definition) is 0. The van der Waals surface area contributed by atoms with E-state index in [1.807, 2.05) is 26.0 Å². The average Bonchev–Trinajstić information content (AvgIpc) is 2.73. The summed E-state index contributed by atoms with van der Waals surface area (Å²) in [5.41, 5.74) is 0.890. The molecule has 0 aliphatic carbocycles. The highest BCUT2D eigenvalue weighted by Crippen LogP contribution is 2.21. The minimum Gasteiger partial charge on any atom is -0.461 e. The summed E-state index contributed by atoms with van der Waals surface area (Å²) >= 11 is 1.49. The lowest BCUT2D eigenvalue weighted by Crippen LogP contribution is -1.97. The molecule has 2 heterocycles. The average molecular weight is 206 g/mol. The first kappa shape index (κ1) is 9.21. The van der Waals surface area contributed by atoms with Gasteiger partial charge in [0, 0.05) is 4.88 Å². The first-order chi connectivity index (χ1) is 6.68. The number of aryl methyl sites for hydroxylation is 2. The van der Waals surface area contributed by atoms with Crippen LogP contribution in [-0.4, -0.2) is 5.78 Å². The Morgan fingerprint density at radius 1 is 1.29 bits per heavy atom. The maximum atomic E-state index is 11.9. The van der Waals surface area contributed by atoms with E-state index in [0.717, 1.165) is 15.3 Å². The summed E-state index contributed by atoms with van der Waals surface area (Å²) in [5, 5.41) is 0. The van der Waals surface area contributed by atoms with Crippen LogP contribution in [0.1, 0.15) is 25.9 Å². The molecule has 3 heteroatoms. The van der Waals surface area contributed by atoms with Crippen LogP contribution < -0.4 is 0 Å². The fourth-order valence-corrected chi connectivity index (χ4v) is 2.08. The lowest BCUT2D eigenvalue weighted by atomic mass is 10.2. The second-order valence-corrected chi connectivity index (χ2v) is 4.46. The maximum absolute atomic E-state index is 11.9. The predicted molar refractivity (Wildman–Crippen MR) is 55.9 cm³/mol. The van der Waals surface area contributed by atoms with Gasteiger partial charge in [0.2, 0.25) is 5.78 Å². The Labute approximate surface area is 86.2 Å². The summed E-state index contributed by atoms with van der Waals surface area (Å²) < 4.78 is 5.15. The van der Waals surface area contributed by atoms with Crippen molar-refractivity contribution in [2.45, 2.75) is 13.8 Å². The summed E-state index contributed by atoms with van der Waals surface area (Å²) in [7, 11) is 0. The SMILES string of the molecule is Cc1ccc(C(=O)c2occc2C)s1. The van der Waals surface area contributed by atoms with Crippen LogP contribution >= 0.6 is 11.3 Å². The van der Waals surface area contributed by atoms with E-state index in [9.17, 15) is 4.79 Å². The Morgan fingerprint density at radius 3 is 2.57 bits per heavy atom. The zero-order valence-electron chi connectivity index (χ0n) is 8.03. The van der Waals surface area contributed by atoms with Crippen LogP contribution in [0, 0.1) is 13.8 Å². The topological polar surface area (TPSA) is 30.2 Å². The standard InChI is InChI=1S/C11H10O2S/c1-7-5-6-13-11(7)10(12)9-4-3-8(2)14-9/h3-6H,1-2H3. The highest BCUT2D eigenvalue weighted by Gasteiger charge is 2.16. The van der Waals surface area contributed by atoms with E-state index in [4.69, 9.17) is 4.42 Å². The molecule has 0 aliphatic rings. The largest absolute Gasteiger partial charge is 0.461 e. The lowest BCUT2D eigenvalue weighted by molar-refractivity contribution is 0.101. The Hall–Kier alpha value is -1.35. The molecule has 2 nitrogen and oxygen atoms in total. The van der Waals surface area contributed by atoms with Crippen LogP contribution in [0.25, 0.3) is 0 Å². The quantitative estimate of drug-likeness (QED) is 0.706. The summed E-state index contributed by atoms with van der Waals surface area (Å²) in [4.78, 5) is 13.7. The van der Waals surface area contributed by atoms with Gasteiger partial charge in [-0.25, -0.2) is 0 Å². The molecule has 0 saturated heterocycles. The highest BCUT2D eigenvalue weighted by molar-refractivity contribution is 7.14. The van der Waals surface area contributed by atoms with Crippen molar-refractivity contribution >= 4 is 17.1 Å². The second kappa shape index (κ2) is 3.42. The summed E-state index contributed by atoms with van der Waals surface area (Å²) in [6, 6.07) is 5.58. The second-order valence-electron chi connectivity index (χ2n) is 3.17. The fourth-order valence-electron chi connectivity index (χ4n) is 1.27. The highest BCUT2D eigenvalue weighted by atomic mass is 32.1. The van der Waals surface area contributed by atoms with Gasteiger partial charge in [0.05, 0.1) is 11.1 Å². The van der Waals surface area contributed by atoms with Crippen molar-refractivity contribution in [3.8, 4) is 0 Å². The van der Waals surface area contributed by atoms with E-state index in [1.165, 1.54) is 11.3 Å². The summed E-state index contributed by atoms with van der Waals surface area (Å²) in [6.45, 7) is 3.85. The summed E-state index contributed by atoms with van der Waals surface area (Å²) in [5.74, 6) is 0.428. The molecule has 0 atom stereocenters. The molecular formula is C11H10O2S. The molecule has 0 aromatic carbocycles. The molecule has 2 aromatic heterocycles. The van der Waals surface area contributed by atoms with E-state index in [1.54, 1.807) is 12.3 Å². The number of thiophene rings is 1. The lowest BCUT2D eigenvalue weighted by Gasteiger charge is -1.93. The fraction of sp³-hybridized carbons (Fsp3) is 0.182. The Bertz CT molecular complexity index is 465. The van der Waals surface area contributed by atoms with E-state index >= 15 is 0 Å². The van der Waals surface area contributed by atoms with Crippen LogP contribution in [0.4, 0.5) is 0 Å². The molecule has 0 spiro atoms. The van der Waals surface area contributed by atoms with Crippen molar-refractivity contribution < 1.29 is 9.21 Å². The van der Waals surface area contributed by atoms with Crippen molar-refractivity contribution in [1.82, 2.24) is 0 Å². The molecule has 0 N–H and O–H groups in total. The first-order valence-corrected chi connectivity index (χ1v) is 5.15. The van der Waals surface area contributed by atoms with Crippen molar-refractivity contribution in [3.05, 3.63) is 45.5 Å². The summed E-state index contributed by atoms with van der Waals surface area (Å²) in [6.07, 6.45) is 1.54. The number of carbonyl (C=O) groups is 1. The minimum absolute atomic E-state index is 0.0226. The molecule has 14 heavy (non-hydrogen) atoms. The van der Waals surface area contributed by atoms with Gasteiger partial charge >= 0.3 is 0 Å². The van der Waals surface area contributed by atoms with Gasteiger partial charge in [0.15, 0.2) is 5.76 Å². The van der Waals surface area contributed by atoms with Gasteiger partial charge in [-0.15, -0.1) is 11.3 Å². The molecule has 2 rings (SSSR count). The molecule has 0 fully saturated rings. The predicted octanol–water partition coefficient (Wildman–Crippen LogP) is 3.19. The molecule has 0 bridgehead atoms. The van der Waals surface area contributed by atoms with E-state index in [0.29, 0.717) is 5.76 Å². The molecule has 72 valence electrons. The van der Waals surface area contributed by atoms with Gasteiger partial charge < -0.3 is 4.42 Å². The van der Waals surface area contributed by atoms with Gasteiger partial charge in [0.1, 0.15) is 0 Å². The molecule has 0 aliphatic heterocycles. The van der Waals surface area contributed by atoms with Gasteiger partial charge in [0.25, 0.3) is 0 Å². The smallest absolute Gasteiger partial charge is 0.238 e. The number of rotatable bonds is 2. The van der Waals surface area contributed by atoms with Crippen molar-refractivity contribution in [3.63, 3.8) is 0 Å². The minimum atomic E-state index is -0.0226. The molecule has 0 saturated carbocycles. The number of furan rings is 1. The Kier molecular flexibility index (Phi) is 2.25. The monoisotopic (exact) mass is 206 g/mol. The van der Waals surface area contributed by atoms with Crippen LogP contribution in [0.5, 0.6) is 0 Å². The maximum Gasteiger partial charge on any atom is 0.238 e. The number of hydrogen-bond acceptors (Lipinski definition) is 3. The molecule has 0 unspecified atom stereocenters. The zero-order chi connectivity index (χ0) is 10.1. The Morgan fingerprint density at radius 2 is 2.07 bits per heavy atom. The molecule has 2 aromatic rings. The van der Waals surface area contributed by atoms with Crippen LogP contribution in [0.3, 0.4) is 0 Å². The van der Waals surface area contributed by atoms with Crippen molar-refractivity contribution in [2.24, 2.45) is 0 Å². The van der Waals surface area contributed by atoms with Gasteiger partial charge in [-0.05, 0) is 37.6 Å². The van der Waals surface area contributed by atoms with Crippen LogP contribution in [-0.2, 0) is 0 Å². The first-order valence-electron chi connectivity index (χ1n) is 4.33. The van der Waals surface area contributed by atoms with Crippen molar-refractivity contribution in [1.29, 1.82) is 0 Å². The van der Waals surface area contributed by atoms with Gasteiger partial charge in [-0.2, -0.15) is 0 Å². The van der Waals surface area contributed by atoms with Crippen LogP contribution in [0.15, 0.2) is 28.9 Å². The molecule has 0 amide bonds. The van der Waals surface area contributed by atoms with E-state index in [-0.39, 0.29) is 5.78 Å². The Balaban J connectivity index is 2.38. The third-order valence-corrected chi connectivity index (χ3v) is 3.03. The number of carbonyl (C=O) groups excluding carboxylic acids is 1. The van der Waals surface area contributed by atoms with Crippen LogP contribution in [0.2, 0.25) is 0 Å². The van der Waals surface area contributed by atoms with E-state index in [2.05, 4.69) is 0 Å². The molecule has 0 radical (unpaired) electrons. The normalized spacial score (nSPS) is 10.4. The number of ketones is 1.